The molecule has 0 aromatic carbocycles. The maximum absolute atomic E-state index is 10.6. The molecule has 33 heavy (non-hydrogen) atoms. The third-order valence-corrected chi connectivity index (χ3v) is 7.86. The minimum atomic E-state index is -1.45. The standard InChI is InChI=1S/C22H38O11/c1-29-15-3-9(4-16(30-2)19(15)27)21-17(33-22-20(28)18(26)13(25)8-31-22)7-11-12(24)5-10(23)6-14(11)32-21/h9-28H,3-8H2,1-2H3/t9?,10?,11?,12?,13-,14?,15?,16?,17?,18-,19?,20+,21?,22-/m0/s1. The third kappa shape index (κ3) is 5.24. The van der Waals surface area contributed by atoms with Gasteiger partial charge in [-0.2, -0.15) is 0 Å². The molecule has 4 rings (SSSR count). The van der Waals surface area contributed by atoms with Gasteiger partial charge in [-0.15, -0.1) is 0 Å². The normalized spacial score (nSPS) is 53.5. The van der Waals surface area contributed by atoms with Gasteiger partial charge >= 0.3 is 0 Å². The van der Waals surface area contributed by atoms with Gasteiger partial charge in [0.05, 0.1) is 49.3 Å². The molecule has 2 heterocycles. The molecule has 192 valence electrons. The zero-order valence-electron chi connectivity index (χ0n) is 19.1. The lowest BCUT2D eigenvalue weighted by Gasteiger charge is -2.51. The van der Waals surface area contributed by atoms with Crippen LogP contribution in [0.25, 0.3) is 0 Å². The Hall–Kier alpha value is -0.440. The summed E-state index contributed by atoms with van der Waals surface area (Å²) in [6, 6.07) is 0. The SMILES string of the molecule is COC1CC(C2OC3CC(O)CC(O)C3CC2O[C@@H]2OC[C@H](O)[C@H](O)[C@H]2O)CC(OC)C1O. The van der Waals surface area contributed by atoms with Crippen LogP contribution >= 0.6 is 0 Å². The maximum atomic E-state index is 10.6. The van der Waals surface area contributed by atoms with Crippen molar-refractivity contribution in [1.29, 1.82) is 0 Å². The van der Waals surface area contributed by atoms with E-state index in [1.54, 1.807) is 0 Å². The number of rotatable bonds is 5. The number of fused-ring (bicyclic) bond motifs is 1. The van der Waals surface area contributed by atoms with Crippen molar-refractivity contribution >= 4 is 0 Å². The Bertz CT molecular complexity index is 623. The summed E-state index contributed by atoms with van der Waals surface area (Å²) >= 11 is 0. The van der Waals surface area contributed by atoms with Crippen molar-refractivity contribution in [2.45, 2.75) is 106 Å². The predicted octanol–water partition coefficient (Wildman–Crippen LogP) is -2.10. The van der Waals surface area contributed by atoms with E-state index in [2.05, 4.69) is 0 Å². The fraction of sp³-hybridized carbons (Fsp3) is 1.00. The summed E-state index contributed by atoms with van der Waals surface area (Å²) in [5.41, 5.74) is 0. The third-order valence-electron chi connectivity index (χ3n) is 7.86. The van der Waals surface area contributed by atoms with E-state index in [-0.39, 0.29) is 31.0 Å². The van der Waals surface area contributed by atoms with Crippen LogP contribution in [0.1, 0.15) is 32.1 Å². The summed E-state index contributed by atoms with van der Waals surface area (Å²) in [4.78, 5) is 0. The number of ether oxygens (including phenoxy) is 5. The second-order valence-corrected chi connectivity index (χ2v) is 9.93. The molecule has 2 aliphatic carbocycles. The van der Waals surface area contributed by atoms with Crippen LogP contribution in [0.4, 0.5) is 0 Å². The number of hydrogen-bond donors (Lipinski definition) is 6. The second-order valence-electron chi connectivity index (χ2n) is 9.93. The number of aliphatic hydroxyl groups is 6. The van der Waals surface area contributed by atoms with Crippen molar-refractivity contribution in [3.8, 4) is 0 Å². The van der Waals surface area contributed by atoms with Gasteiger partial charge in [0.25, 0.3) is 0 Å². The Balaban J connectivity index is 1.56. The van der Waals surface area contributed by atoms with E-state index in [0.29, 0.717) is 25.7 Å². The predicted molar refractivity (Wildman–Crippen MR) is 111 cm³/mol. The van der Waals surface area contributed by atoms with Gasteiger partial charge in [-0.1, -0.05) is 0 Å². The van der Waals surface area contributed by atoms with Crippen molar-refractivity contribution in [3.63, 3.8) is 0 Å². The van der Waals surface area contributed by atoms with E-state index in [9.17, 15) is 30.6 Å². The summed E-state index contributed by atoms with van der Waals surface area (Å²) in [6.07, 6.45) is -7.83. The first kappa shape index (κ1) is 25.6. The summed E-state index contributed by atoms with van der Waals surface area (Å²) in [7, 11) is 3.06. The molecule has 11 heteroatoms. The lowest BCUT2D eigenvalue weighted by atomic mass is 9.72. The van der Waals surface area contributed by atoms with E-state index >= 15 is 0 Å². The fourth-order valence-electron chi connectivity index (χ4n) is 5.97. The summed E-state index contributed by atoms with van der Waals surface area (Å²) in [6.45, 7) is -0.185. The topological polar surface area (TPSA) is 168 Å². The smallest absolute Gasteiger partial charge is 0.186 e. The van der Waals surface area contributed by atoms with Crippen LogP contribution in [0.15, 0.2) is 0 Å². The van der Waals surface area contributed by atoms with Crippen molar-refractivity contribution in [1.82, 2.24) is 0 Å². The highest BCUT2D eigenvalue weighted by molar-refractivity contribution is 5.00. The molecule has 6 N–H and O–H groups in total. The van der Waals surface area contributed by atoms with Crippen LogP contribution in [0, 0.1) is 11.8 Å². The fourth-order valence-corrected chi connectivity index (χ4v) is 5.97. The molecular formula is C22H38O11. The average Bonchev–Trinajstić information content (AvgIpc) is 2.79. The summed E-state index contributed by atoms with van der Waals surface area (Å²) < 4.78 is 29.0. The Morgan fingerprint density at radius 2 is 1.36 bits per heavy atom. The second kappa shape index (κ2) is 10.7. The zero-order valence-corrected chi connectivity index (χ0v) is 19.1. The van der Waals surface area contributed by atoms with Gasteiger partial charge in [0.15, 0.2) is 6.29 Å². The molecule has 0 amide bonds. The van der Waals surface area contributed by atoms with E-state index in [1.807, 2.05) is 0 Å². The van der Waals surface area contributed by atoms with Gasteiger partial charge in [-0.25, -0.2) is 0 Å². The molecule has 8 unspecified atom stereocenters. The van der Waals surface area contributed by atoms with E-state index in [0.717, 1.165) is 0 Å². The van der Waals surface area contributed by atoms with Crippen LogP contribution in [-0.2, 0) is 23.7 Å². The molecule has 11 nitrogen and oxygen atoms in total. The lowest BCUT2D eigenvalue weighted by molar-refractivity contribution is -0.314. The van der Waals surface area contributed by atoms with Crippen LogP contribution < -0.4 is 0 Å². The molecule has 2 saturated carbocycles. The summed E-state index contributed by atoms with van der Waals surface area (Å²) in [5, 5.41) is 61.5. The van der Waals surface area contributed by atoms with E-state index < -0.39 is 67.3 Å². The van der Waals surface area contributed by atoms with Gasteiger partial charge in [-0.3, -0.25) is 0 Å². The molecular weight excluding hydrogens is 440 g/mol. The molecule has 12 atom stereocenters. The molecule has 0 aromatic rings. The maximum Gasteiger partial charge on any atom is 0.186 e. The largest absolute Gasteiger partial charge is 0.393 e. The molecule has 2 saturated heterocycles. The van der Waals surface area contributed by atoms with Crippen molar-refractivity contribution in [3.05, 3.63) is 0 Å². The lowest BCUT2D eigenvalue weighted by Crippen LogP contribution is -2.60. The Morgan fingerprint density at radius 1 is 0.697 bits per heavy atom. The van der Waals surface area contributed by atoms with Gasteiger partial charge in [0.2, 0.25) is 0 Å². The monoisotopic (exact) mass is 478 g/mol. The van der Waals surface area contributed by atoms with Crippen LogP contribution in [0.5, 0.6) is 0 Å². The molecule has 4 fully saturated rings. The minimum Gasteiger partial charge on any atom is -0.393 e. The average molecular weight is 479 g/mol. The quantitative estimate of drug-likeness (QED) is 0.256. The van der Waals surface area contributed by atoms with Crippen LogP contribution in [0.3, 0.4) is 0 Å². The highest BCUT2D eigenvalue weighted by Gasteiger charge is 2.52. The molecule has 4 aliphatic rings. The highest BCUT2D eigenvalue weighted by atomic mass is 16.7. The molecule has 0 bridgehead atoms. The van der Waals surface area contributed by atoms with Gasteiger partial charge < -0.3 is 54.3 Å². The molecule has 0 spiro atoms. The van der Waals surface area contributed by atoms with E-state index in [4.69, 9.17) is 23.7 Å². The first-order chi connectivity index (χ1) is 15.7. The van der Waals surface area contributed by atoms with Gasteiger partial charge in [0.1, 0.15) is 24.4 Å². The first-order valence-electron chi connectivity index (χ1n) is 11.8. The molecule has 0 radical (unpaired) electrons. The van der Waals surface area contributed by atoms with Crippen molar-refractivity contribution in [2.75, 3.05) is 20.8 Å². The Kier molecular flexibility index (Phi) is 8.29. The Morgan fingerprint density at radius 3 is 2.00 bits per heavy atom. The Labute approximate surface area is 193 Å². The van der Waals surface area contributed by atoms with Crippen LogP contribution in [0.2, 0.25) is 0 Å². The number of methoxy groups -OCH3 is 2. The minimum absolute atomic E-state index is 0.137. The van der Waals surface area contributed by atoms with Gasteiger partial charge in [0, 0.05) is 20.1 Å². The van der Waals surface area contributed by atoms with Crippen LogP contribution in [-0.4, -0.2) is 125 Å². The first-order valence-corrected chi connectivity index (χ1v) is 11.8. The summed E-state index contributed by atoms with van der Waals surface area (Å²) in [5.74, 6) is -0.404. The van der Waals surface area contributed by atoms with Crippen molar-refractivity contribution in [2.24, 2.45) is 11.8 Å². The molecule has 2 aliphatic heterocycles. The number of hydrogen-bond acceptors (Lipinski definition) is 11. The van der Waals surface area contributed by atoms with Gasteiger partial charge in [-0.05, 0) is 38.0 Å². The zero-order chi connectivity index (χ0) is 23.9. The van der Waals surface area contributed by atoms with Crippen molar-refractivity contribution < 1.29 is 54.3 Å². The highest BCUT2D eigenvalue weighted by Crippen LogP contribution is 2.43. The van der Waals surface area contributed by atoms with E-state index in [1.165, 1.54) is 14.2 Å². The number of aliphatic hydroxyl groups excluding tert-OH is 6. The molecule has 0 aromatic heterocycles.